The summed E-state index contributed by atoms with van der Waals surface area (Å²) >= 11 is 1.29. The molecule has 0 fully saturated rings. The van der Waals surface area contributed by atoms with E-state index in [-0.39, 0.29) is 11.4 Å². The number of thiazole rings is 1. The zero-order valence-electron chi connectivity index (χ0n) is 21.5. The van der Waals surface area contributed by atoms with Gasteiger partial charge in [0.25, 0.3) is 5.91 Å². The zero-order valence-corrected chi connectivity index (χ0v) is 22.3. The van der Waals surface area contributed by atoms with E-state index in [1.165, 1.54) is 11.3 Å². The van der Waals surface area contributed by atoms with Crippen molar-refractivity contribution < 1.29 is 19.4 Å². The van der Waals surface area contributed by atoms with Gasteiger partial charge in [0.2, 0.25) is 5.78 Å². The first-order valence-electron chi connectivity index (χ1n) is 12.5. The lowest BCUT2D eigenvalue weighted by atomic mass is 9.94. The van der Waals surface area contributed by atoms with Crippen LogP contribution in [0.25, 0.3) is 0 Å². The monoisotopic (exact) mass is 499 g/mol. The highest BCUT2D eigenvalue weighted by Crippen LogP contribution is 2.43. The SMILES string of the molecule is CCCCOc1ccccc1C1C(C(=O)c2sc(C)nc2C)=C(O)C(=O)N1CCCN(CC)CC. The van der Waals surface area contributed by atoms with E-state index >= 15 is 0 Å². The topological polar surface area (TPSA) is 83.0 Å². The predicted molar refractivity (Wildman–Crippen MR) is 139 cm³/mol. The minimum absolute atomic E-state index is 0.108. The number of carbonyl (C=O) groups excluding carboxylic acids is 2. The molecule has 0 bridgehead atoms. The first-order valence-corrected chi connectivity index (χ1v) is 13.3. The molecule has 0 aliphatic carbocycles. The summed E-state index contributed by atoms with van der Waals surface area (Å²) in [5, 5.41) is 11.8. The van der Waals surface area contributed by atoms with E-state index < -0.39 is 17.7 Å². The average molecular weight is 500 g/mol. The number of aryl methyl sites for hydroxylation is 2. The Hall–Kier alpha value is -2.71. The Morgan fingerprint density at radius 3 is 2.51 bits per heavy atom. The third-order valence-corrected chi connectivity index (χ3v) is 7.47. The van der Waals surface area contributed by atoms with Crippen molar-refractivity contribution in [3.63, 3.8) is 0 Å². The van der Waals surface area contributed by atoms with Gasteiger partial charge in [-0.1, -0.05) is 45.4 Å². The molecule has 0 spiro atoms. The number of aliphatic hydroxyl groups excluding tert-OH is 1. The molecular formula is C27H37N3O4S. The molecule has 3 rings (SSSR count). The minimum Gasteiger partial charge on any atom is -0.503 e. The lowest BCUT2D eigenvalue weighted by molar-refractivity contribution is -0.129. The maximum absolute atomic E-state index is 13.7. The number of benzene rings is 1. The first-order chi connectivity index (χ1) is 16.8. The Morgan fingerprint density at radius 2 is 1.89 bits per heavy atom. The molecule has 1 aromatic carbocycles. The van der Waals surface area contributed by atoms with Crippen LogP contribution in [0.3, 0.4) is 0 Å². The number of para-hydroxylation sites is 1. The van der Waals surface area contributed by atoms with Crippen molar-refractivity contribution in [3.8, 4) is 5.75 Å². The van der Waals surface area contributed by atoms with Crippen molar-refractivity contribution in [3.05, 3.63) is 56.7 Å². The van der Waals surface area contributed by atoms with Gasteiger partial charge in [-0.15, -0.1) is 11.3 Å². The number of ketones is 1. The second-order valence-corrected chi connectivity index (χ2v) is 9.96. The van der Waals surface area contributed by atoms with Crippen LogP contribution in [0.4, 0.5) is 0 Å². The van der Waals surface area contributed by atoms with E-state index in [9.17, 15) is 14.7 Å². The van der Waals surface area contributed by atoms with E-state index in [0.717, 1.165) is 43.9 Å². The number of rotatable bonds is 13. The van der Waals surface area contributed by atoms with Gasteiger partial charge >= 0.3 is 0 Å². The largest absolute Gasteiger partial charge is 0.503 e. The van der Waals surface area contributed by atoms with Gasteiger partial charge in [0, 0.05) is 12.1 Å². The molecule has 1 unspecified atom stereocenters. The van der Waals surface area contributed by atoms with Crippen LogP contribution in [0.5, 0.6) is 5.75 Å². The number of ether oxygens (including phenoxy) is 1. The van der Waals surface area contributed by atoms with Gasteiger partial charge < -0.3 is 19.6 Å². The molecule has 1 aliphatic rings. The van der Waals surface area contributed by atoms with Gasteiger partial charge in [0.1, 0.15) is 5.75 Å². The first kappa shape index (κ1) is 26.9. The summed E-state index contributed by atoms with van der Waals surface area (Å²) in [6.45, 7) is 13.6. The fourth-order valence-electron chi connectivity index (χ4n) is 4.47. The van der Waals surface area contributed by atoms with Gasteiger partial charge in [-0.3, -0.25) is 9.59 Å². The maximum atomic E-state index is 13.7. The number of carbonyl (C=O) groups is 2. The molecule has 1 aliphatic heterocycles. The Labute approximate surface area is 212 Å². The number of aliphatic hydroxyl groups is 1. The van der Waals surface area contributed by atoms with E-state index in [1.807, 2.05) is 31.2 Å². The van der Waals surface area contributed by atoms with Crippen LogP contribution in [0.2, 0.25) is 0 Å². The van der Waals surface area contributed by atoms with Crippen molar-refractivity contribution in [2.24, 2.45) is 0 Å². The minimum atomic E-state index is -0.716. The van der Waals surface area contributed by atoms with Gasteiger partial charge in [-0.2, -0.15) is 0 Å². The number of hydrogen-bond acceptors (Lipinski definition) is 7. The average Bonchev–Trinajstić information content (AvgIpc) is 3.32. The van der Waals surface area contributed by atoms with Crippen molar-refractivity contribution in [1.29, 1.82) is 0 Å². The van der Waals surface area contributed by atoms with Crippen LogP contribution in [0.1, 0.15) is 72.0 Å². The predicted octanol–water partition coefficient (Wildman–Crippen LogP) is 5.25. The van der Waals surface area contributed by atoms with Crippen molar-refractivity contribution in [2.45, 2.75) is 59.9 Å². The van der Waals surface area contributed by atoms with Gasteiger partial charge in [-0.25, -0.2) is 4.98 Å². The fraction of sp³-hybridized carbons (Fsp3) is 0.519. The highest BCUT2D eigenvalue weighted by atomic mass is 32.1. The van der Waals surface area contributed by atoms with Crippen LogP contribution in [-0.2, 0) is 4.79 Å². The smallest absolute Gasteiger partial charge is 0.290 e. The number of Topliss-reactive ketones (excluding diaryl/α,β-unsaturated/α-hetero) is 1. The van der Waals surface area contributed by atoms with E-state index in [2.05, 4.69) is 30.7 Å². The van der Waals surface area contributed by atoms with Gasteiger partial charge in [-0.05, 0) is 52.4 Å². The van der Waals surface area contributed by atoms with E-state index in [0.29, 0.717) is 35.0 Å². The molecule has 2 aromatic rings. The van der Waals surface area contributed by atoms with Crippen LogP contribution < -0.4 is 4.74 Å². The zero-order chi connectivity index (χ0) is 25.5. The second-order valence-electron chi connectivity index (χ2n) is 8.76. The van der Waals surface area contributed by atoms with Gasteiger partial charge in [0.15, 0.2) is 5.76 Å². The van der Waals surface area contributed by atoms with Gasteiger partial charge in [0.05, 0.1) is 33.8 Å². The molecule has 35 heavy (non-hydrogen) atoms. The molecule has 1 atom stereocenters. The van der Waals surface area contributed by atoms with E-state index in [1.54, 1.807) is 11.8 Å². The third kappa shape index (κ3) is 5.93. The quantitative estimate of drug-likeness (QED) is 0.299. The molecule has 7 nitrogen and oxygen atoms in total. The van der Waals surface area contributed by atoms with E-state index in [4.69, 9.17) is 4.74 Å². The van der Waals surface area contributed by atoms with Crippen LogP contribution in [-0.4, -0.2) is 64.4 Å². The Kier molecular flexibility index (Phi) is 9.46. The fourth-order valence-corrected chi connectivity index (χ4v) is 5.35. The highest BCUT2D eigenvalue weighted by Gasteiger charge is 2.45. The normalized spacial score (nSPS) is 16.0. The summed E-state index contributed by atoms with van der Waals surface area (Å²) < 4.78 is 6.08. The third-order valence-electron chi connectivity index (χ3n) is 6.39. The molecule has 190 valence electrons. The number of unbranched alkanes of at least 4 members (excludes halogenated alkanes) is 1. The summed E-state index contributed by atoms with van der Waals surface area (Å²) in [6.07, 6.45) is 2.63. The number of aromatic nitrogens is 1. The summed E-state index contributed by atoms with van der Waals surface area (Å²) in [7, 11) is 0. The molecule has 0 saturated carbocycles. The molecular weight excluding hydrogens is 462 g/mol. The molecule has 1 amide bonds. The van der Waals surface area contributed by atoms with Crippen molar-refractivity contribution in [2.75, 3.05) is 32.8 Å². The summed E-state index contributed by atoms with van der Waals surface area (Å²) in [5.74, 6) is -0.708. The molecule has 2 heterocycles. The van der Waals surface area contributed by atoms with Crippen LogP contribution >= 0.6 is 11.3 Å². The Balaban J connectivity index is 2.02. The number of amides is 1. The molecule has 1 N–H and O–H groups in total. The van der Waals surface area contributed by atoms with Crippen molar-refractivity contribution >= 4 is 23.0 Å². The summed E-state index contributed by atoms with van der Waals surface area (Å²) in [5.41, 5.74) is 1.43. The van der Waals surface area contributed by atoms with Crippen molar-refractivity contribution in [1.82, 2.24) is 14.8 Å². The number of hydrogen-bond donors (Lipinski definition) is 1. The summed E-state index contributed by atoms with van der Waals surface area (Å²) in [4.78, 5) is 35.8. The van der Waals surface area contributed by atoms with Crippen LogP contribution in [0.15, 0.2) is 35.6 Å². The molecule has 0 radical (unpaired) electrons. The molecule has 0 saturated heterocycles. The lowest BCUT2D eigenvalue weighted by Gasteiger charge is -2.29. The Morgan fingerprint density at radius 1 is 1.17 bits per heavy atom. The highest BCUT2D eigenvalue weighted by molar-refractivity contribution is 7.14. The second kappa shape index (κ2) is 12.3. The number of nitrogens with zero attached hydrogens (tertiary/aromatic N) is 3. The lowest BCUT2D eigenvalue weighted by Crippen LogP contribution is -2.34. The molecule has 8 heteroatoms. The summed E-state index contributed by atoms with van der Waals surface area (Å²) in [6, 6.07) is 6.79. The molecule has 1 aromatic heterocycles. The Bertz CT molecular complexity index is 1070. The standard InChI is InChI=1S/C27H37N3O4S/c1-6-9-17-34-21-14-11-10-13-20(21)23-22(24(31)26-18(4)28-19(5)35-26)25(32)27(33)30(23)16-12-15-29(7-2)8-3/h10-11,13-14,23,32H,6-9,12,15-17H2,1-5H3. The van der Waals surface area contributed by atoms with Crippen LogP contribution in [0, 0.1) is 13.8 Å². The maximum Gasteiger partial charge on any atom is 0.290 e.